The maximum atomic E-state index is 12.2. The molecule has 124 valence electrons. The Bertz CT molecular complexity index is 577. The minimum absolute atomic E-state index is 0.0235. The summed E-state index contributed by atoms with van der Waals surface area (Å²) in [4.78, 5) is 27.6. The van der Waals surface area contributed by atoms with E-state index in [1.54, 1.807) is 20.2 Å². The van der Waals surface area contributed by atoms with E-state index in [4.69, 9.17) is 4.74 Å². The predicted molar refractivity (Wildman–Crippen MR) is 90.1 cm³/mol. The molecule has 0 radical (unpaired) electrons. The summed E-state index contributed by atoms with van der Waals surface area (Å²) in [6.07, 6.45) is 6.51. The van der Waals surface area contributed by atoms with Gasteiger partial charge in [-0.2, -0.15) is 0 Å². The van der Waals surface area contributed by atoms with Crippen LogP contribution in [0.1, 0.15) is 24.8 Å². The molecule has 0 aliphatic carbocycles. The molecule has 1 aliphatic rings. The highest BCUT2D eigenvalue weighted by Crippen LogP contribution is 2.14. The molecule has 2 amide bonds. The van der Waals surface area contributed by atoms with Crippen molar-refractivity contribution in [2.24, 2.45) is 0 Å². The lowest BCUT2D eigenvalue weighted by Crippen LogP contribution is -2.42. The lowest BCUT2D eigenvalue weighted by atomic mass is 10.1. The standard InChI is InChI=1S/C18H24N2O3/c1-19(14-18(22)20-11-4-3-5-12-20)17(21)10-9-15-7-6-8-16(13-15)23-2/h6-10,13H,3-5,11-12,14H2,1-2H3/b10-9+. The van der Waals surface area contributed by atoms with E-state index in [0.29, 0.717) is 0 Å². The van der Waals surface area contributed by atoms with Crippen LogP contribution in [0.3, 0.4) is 0 Å². The Kier molecular flexibility index (Phi) is 6.20. The Morgan fingerprint density at radius 1 is 1.26 bits per heavy atom. The van der Waals surface area contributed by atoms with Gasteiger partial charge >= 0.3 is 0 Å². The highest BCUT2D eigenvalue weighted by molar-refractivity contribution is 5.94. The fourth-order valence-electron chi connectivity index (χ4n) is 2.56. The quantitative estimate of drug-likeness (QED) is 0.782. The van der Waals surface area contributed by atoms with Crippen LogP contribution in [0.25, 0.3) is 6.08 Å². The minimum atomic E-state index is -0.182. The van der Waals surface area contributed by atoms with Gasteiger partial charge < -0.3 is 14.5 Å². The monoisotopic (exact) mass is 316 g/mol. The number of carbonyl (C=O) groups excluding carboxylic acids is 2. The van der Waals surface area contributed by atoms with Crippen LogP contribution >= 0.6 is 0 Å². The molecule has 1 aromatic carbocycles. The summed E-state index contributed by atoms with van der Waals surface area (Å²) in [5.41, 5.74) is 0.883. The van der Waals surface area contributed by atoms with Crippen LogP contribution in [-0.2, 0) is 9.59 Å². The Balaban J connectivity index is 1.88. The molecule has 1 aromatic rings. The van der Waals surface area contributed by atoms with Crippen LogP contribution in [0.15, 0.2) is 30.3 Å². The molecule has 2 rings (SSSR count). The van der Waals surface area contributed by atoms with E-state index in [2.05, 4.69) is 0 Å². The van der Waals surface area contributed by atoms with Crippen LogP contribution in [0.4, 0.5) is 0 Å². The molecule has 0 bridgehead atoms. The lowest BCUT2D eigenvalue weighted by molar-refractivity contribution is -0.137. The number of amides is 2. The molecule has 5 nitrogen and oxygen atoms in total. The van der Waals surface area contributed by atoms with Crippen molar-refractivity contribution in [3.8, 4) is 5.75 Å². The van der Waals surface area contributed by atoms with Crippen LogP contribution in [0, 0.1) is 0 Å². The maximum absolute atomic E-state index is 12.2. The number of nitrogens with zero attached hydrogens (tertiary/aromatic N) is 2. The molecule has 23 heavy (non-hydrogen) atoms. The van der Waals surface area contributed by atoms with E-state index in [1.165, 1.54) is 17.4 Å². The topological polar surface area (TPSA) is 49.9 Å². The highest BCUT2D eigenvalue weighted by Gasteiger charge is 2.19. The van der Waals surface area contributed by atoms with Gasteiger partial charge in [0.05, 0.1) is 13.7 Å². The second-order valence-electron chi connectivity index (χ2n) is 5.75. The second-order valence-corrected chi connectivity index (χ2v) is 5.75. The maximum Gasteiger partial charge on any atom is 0.246 e. The Morgan fingerprint density at radius 3 is 2.70 bits per heavy atom. The zero-order valence-corrected chi connectivity index (χ0v) is 13.8. The molecule has 5 heteroatoms. The van der Waals surface area contributed by atoms with Gasteiger partial charge in [-0.3, -0.25) is 9.59 Å². The fourth-order valence-corrected chi connectivity index (χ4v) is 2.56. The van der Waals surface area contributed by atoms with Crippen LogP contribution in [-0.4, -0.2) is 55.4 Å². The number of likely N-dealkylation sites (tertiary alicyclic amines) is 1. The normalized spacial score (nSPS) is 14.8. The van der Waals surface area contributed by atoms with E-state index in [9.17, 15) is 9.59 Å². The van der Waals surface area contributed by atoms with Crippen LogP contribution in [0.5, 0.6) is 5.75 Å². The highest BCUT2D eigenvalue weighted by atomic mass is 16.5. The summed E-state index contributed by atoms with van der Waals surface area (Å²) in [5.74, 6) is 0.585. The second kappa shape index (κ2) is 8.36. The van der Waals surface area contributed by atoms with E-state index in [1.807, 2.05) is 29.2 Å². The zero-order chi connectivity index (χ0) is 16.7. The van der Waals surface area contributed by atoms with Gasteiger partial charge in [-0.05, 0) is 43.0 Å². The van der Waals surface area contributed by atoms with Gasteiger partial charge in [0.1, 0.15) is 5.75 Å². The first kappa shape index (κ1) is 17.1. The molecule has 0 unspecified atom stereocenters. The third-order valence-electron chi connectivity index (χ3n) is 3.97. The van der Waals surface area contributed by atoms with E-state index >= 15 is 0 Å². The molecule has 1 saturated heterocycles. The molecule has 0 spiro atoms. The van der Waals surface area contributed by atoms with Gasteiger partial charge in [-0.25, -0.2) is 0 Å². The van der Waals surface area contributed by atoms with Gasteiger partial charge in [0, 0.05) is 26.2 Å². The van der Waals surface area contributed by atoms with Crippen molar-refractivity contribution >= 4 is 17.9 Å². The summed E-state index contributed by atoms with van der Waals surface area (Å²) in [5, 5.41) is 0. The number of benzene rings is 1. The van der Waals surface area contributed by atoms with Crippen molar-refractivity contribution in [2.75, 3.05) is 33.8 Å². The molecule has 0 saturated carbocycles. The number of carbonyl (C=O) groups is 2. The Hall–Kier alpha value is -2.30. The lowest BCUT2D eigenvalue weighted by Gasteiger charge is -2.28. The van der Waals surface area contributed by atoms with Crippen LogP contribution < -0.4 is 4.74 Å². The Morgan fingerprint density at radius 2 is 2.00 bits per heavy atom. The van der Waals surface area contributed by atoms with E-state index < -0.39 is 0 Å². The summed E-state index contributed by atoms with van der Waals surface area (Å²) in [6.45, 7) is 1.74. The number of likely N-dealkylation sites (N-methyl/N-ethyl adjacent to an activating group) is 1. The fraction of sp³-hybridized carbons (Fsp3) is 0.444. The van der Waals surface area contributed by atoms with Crippen molar-refractivity contribution in [1.82, 2.24) is 9.80 Å². The number of hydrogen-bond acceptors (Lipinski definition) is 3. The summed E-state index contributed by atoms with van der Waals surface area (Å²) in [6, 6.07) is 7.46. The average Bonchev–Trinajstić information content (AvgIpc) is 2.60. The molecule has 1 fully saturated rings. The molecule has 0 aromatic heterocycles. The first-order chi connectivity index (χ1) is 11.1. The summed E-state index contributed by atoms with van der Waals surface area (Å²) >= 11 is 0. The van der Waals surface area contributed by atoms with Crippen molar-refractivity contribution in [1.29, 1.82) is 0 Å². The van der Waals surface area contributed by atoms with Crippen molar-refractivity contribution in [3.63, 3.8) is 0 Å². The smallest absolute Gasteiger partial charge is 0.246 e. The first-order valence-electron chi connectivity index (χ1n) is 7.95. The molecule has 1 aliphatic heterocycles. The van der Waals surface area contributed by atoms with Gasteiger partial charge in [-0.15, -0.1) is 0 Å². The first-order valence-corrected chi connectivity index (χ1v) is 7.95. The zero-order valence-electron chi connectivity index (χ0n) is 13.8. The molecule has 0 N–H and O–H groups in total. The van der Waals surface area contributed by atoms with E-state index in [-0.39, 0.29) is 18.4 Å². The molecule has 1 heterocycles. The number of piperidine rings is 1. The van der Waals surface area contributed by atoms with Gasteiger partial charge in [0.15, 0.2) is 0 Å². The van der Waals surface area contributed by atoms with Crippen molar-refractivity contribution in [2.45, 2.75) is 19.3 Å². The Labute approximate surface area is 137 Å². The molecular formula is C18H24N2O3. The molecule has 0 atom stereocenters. The van der Waals surface area contributed by atoms with Gasteiger partial charge in [0.25, 0.3) is 0 Å². The third kappa shape index (κ3) is 5.13. The van der Waals surface area contributed by atoms with Gasteiger partial charge in [0.2, 0.25) is 11.8 Å². The van der Waals surface area contributed by atoms with Crippen LogP contribution in [0.2, 0.25) is 0 Å². The predicted octanol–water partition coefficient (Wildman–Crippen LogP) is 2.18. The number of hydrogen-bond donors (Lipinski definition) is 0. The van der Waals surface area contributed by atoms with Gasteiger partial charge in [-0.1, -0.05) is 12.1 Å². The largest absolute Gasteiger partial charge is 0.497 e. The number of methoxy groups -OCH3 is 1. The van der Waals surface area contributed by atoms with E-state index in [0.717, 1.165) is 37.2 Å². The average molecular weight is 316 g/mol. The summed E-state index contributed by atoms with van der Waals surface area (Å²) < 4.78 is 5.15. The van der Waals surface area contributed by atoms with Crippen molar-refractivity contribution in [3.05, 3.63) is 35.9 Å². The SMILES string of the molecule is COc1cccc(/C=C/C(=O)N(C)CC(=O)N2CCCCC2)c1. The minimum Gasteiger partial charge on any atom is -0.497 e. The number of ether oxygens (including phenoxy) is 1. The third-order valence-corrected chi connectivity index (χ3v) is 3.97. The summed E-state index contributed by atoms with van der Waals surface area (Å²) in [7, 11) is 3.26. The number of rotatable bonds is 5. The van der Waals surface area contributed by atoms with Crippen molar-refractivity contribution < 1.29 is 14.3 Å². The molecular weight excluding hydrogens is 292 g/mol.